The van der Waals surface area contributed by atoms with Gasteiger partial charge in [0.2, 0.25) is 0 Å². The summed E-state index contributed by atoms with van der Waals surface area (Å²) in [6.07, 6.45) is 6.93. The molecule has 1 heterocycles. The molecule has 0 spiro atoms. The number of ether oxygens (including phenoxy) is 1. The van der Waals surface area contributed by atoms with Gasteiger partial charge >= 0.3 is 0 Å². The number of halogens is 2. The first-order chi connectivity index (χ1) is 11.2. The third-order valence-corrected chi connectivity index (χ3v) is 4.11. The van der Waals surface area contributed by atoms with Gasteiger partial charge in [-0.3, -0.25) is 4.99 Å². The first kappa shape index (κ1) is 15.9. The minimum absolute atomic E-state index is 0.618. The molecule has 3 rings (SSSR count). The van der Waals surface area contributed by atoms with Gasteiger partial charge in [0.1, 0.15) is 5.75 Å². The lowest BCUT2D eigenvalue weighted by Crippen LogP contribution is -1.86. The van der Waals surface area contributed by atoms with E-state index in [1.54, 1.807) is 13.2 Å². The van der Waals surface area contributed by atoms with Crippen molar-refractivity contribution in [3.05, 3.63) is 75.8 Å². The number of methoxy groups -OCH3 is 1. The van der Waals surface area contributed by atoms with Crippen molar-refractivity contribution >= 4 is 40.7 Å². The second-order valence-electron chi connectivity index (χ2n) is 5.13. The second kappa shape index (κ2) is 7.03. The lowest BCUT2D eigenvalue weighted by Gasteiger charge is -2.02. The van der Waals surface area contributed by atoms with Crippen LogP contribution in [0.3, 0.4) is 0 Å². The molecule has 0 fully saturated rings. The number of hydrogen-bond acceptors (Lipinski definition) is 2. The van der Waals surface area contributed by atoms with Gasteiger partial charge in [0.05, 0.1) is 17.8 Å². The Balaban J connectivity index is 1.74. The minimum Gasteiger partial charge on any atom is -0.497 e. The van der Waals surface area contributed by atoms with Crippen LogP contribution >= 0.6 is 23.2 Å². The molecule has 4 heteroatoms. The average Bonchev–Trinajstić information content (AvgIpc) is 3.02. The smallest absolute Gasteiger partial charge is 0.118 e. The first-order valence-corrected chi connectivity index (χ1v) is 7.96. The van der Waals surface area contributed by atoms with E-state index in [1.807, 2.05) is 48.6 Å². The molecule has 2 aromatic rings. The van der Waals surface area contributed by atoms with Gasteiger partial charge in [0.25, 0.3) is 0 Å². The molecule has 23 heavy (non-hydrogen) atoms. The van der Waals surface area contributed by atoms with Crippen molar-refractivity contribution in [2.24, 2.45) is 4.99 Å². The molecule has 0 saturated carbocycles. The topological polar surface area (TPSA) is 21.6 Å². The Morgan fingerprint density at radius 1 is 1.04 bits per heavy atom. The molecule has 0 N–H and O–H groups in total. The van der Waals surface area contributed by atoms with E-state index in [1.165, 1.54) is 0 Å². The number of hydrogen-bond donors (Lipinski definition) is 0. The Kier molecular flexibility index (Phi) is 4.85. The molecule has 1 aliphatic rings. The van der Waals surface area contributed by atoms with Gasteiger partial charge in [-0.1, -0.05) is 47.5 Å². The summed E-state index contributed by atoms with van der Waals surface area (Å²) >= 11 is 12.2. The Morgan fingerprint density at radius 2 is 1.83 bits per heavy atom. The van der Waals surface area contributed by atoms with Crippen molar-refractivity contribution in [2.45, 2.75) is 6.42 Å². The van der Waals surface area contributed by atoms with Crippen molar-refractivity contribution < 1.29 is 4.74 Å². The van der Waals surface area contributed by atoms with Crippen LogP contribution in [0.2, 0.25) is 10.0 Å². The maximum Gasteiger partial charge on any atom is 0.118 e. The Labute approximate surface area is 145 Å². The molecule has 0 unspecified atom stereocenters. The summed E-state index contributed by atoms with van der Waals surface area (Å²) in [6, 6.07) is 13.4. The first-order valence-electron chi connectivity index (χ1n) is 7.21. The summed E-state index contributed by atoms with van der Waals surface area (Å²) in [7, 11) is 1.66. The highest BCUT2D eigenvalue weighted by Gasteiger charge is 2.11. The molecule has 0 radical (unpaired) electrons. The molecule has 0 saturated heterocycles. The van der Waals surface area contributed by atoms with Crippen molar-refractivity contribution in [1.82, 2.24) is 0 Å². The summed E-state index contributed by atoms with van der Waals surface area (Å²) in [4.78, 5) is 4.64. The predicted octanol–water partition coefficient (Wildman–Crippen LogP) is 5.90. The van der Waals surface area contributed by atoms with Crippen LogP contribution in [0, 0.1) is 0 Å². The summed E-state index contributed by atoms with van der Waals surface area (Å²) < 4.78 is 5.15. The summed E-state index contributed by atoms with van der Waals surface area (Å²) in [6.45, 7) is 0. The standard InChI is InChI=1S/C19H15Cl2NO/c1-23-16-8-3-13(4-9-16)2-6-15-7-11-19(22-15)17-10-5-14(20)12-18(17)21/h2-6,8-12H,7H2,1H3/b6-2+. The predicted molar refractivity (Wildman–Crippen MR) is 98.5 cm³/mol. The number of aliphatic imine (C=N–C) groups is 1. The van der Waals surface area contributed by atoms with Crippen LogP contribution in [0.15, 0.2) is 59.6 Å². The zero-order valence-corrected chi connectivity index (χ0v) is 14.1. The van der Waals surface area contributed by atoms with E-state index in [-0.39, 0.29) is 0 Å². The molecule has 0 aliphatic carbocycles. The second-order valence-corrected chi connectivity index (χ2v) is 5.97. The number of rotatable bonds is 4. The molecule has 116 valence electrons. The summed E-state index contributed by atoms with van der Waals surface area (Å²) in [5.74, 6) is 0.849. The van der Waals surface area contributed by atoms with Gasteiger partial charge in [0.15, 0.2) is 0 Å². The number of allylic oxidation sites excluding steroid dienone is 2. The number of nitrogens with zero attached hydrogens (tertiary/aromatic N) is 1. The third kappa shape index (κ3) is 3.84. The fraction of sp³-hybridized carbons (Fsp3) is 0.105. The normalized spacial score (nSPS) is 14.0. The largest absolute Gasteiger partial charge is 0.497 e. The van der Waals surface area contributed by atoms with Crippen molar-refractivity contribution in [2.75, 3.05) is 7.11 Å². The van der Waals surface area contributed by atoms with E-state index < -0.39 is 0 Å². The van der Waals surface area contributed by atoms with Crippen LogP contribution in [0.25, 0.3) is 11.8 Å². The van der Waals surface area contributed by atoms with Gasteiger partial charge in [-0.05, 0) is 42.0 Å². The van der Waals surface area contributed by atoms with E-state index in [9.17, 15) is 0 Å². The summed E-state index contributed by atoms with van der Waals surface area (Å²) in [5, 5.41) is 1.24. The average molecular weight is 344 g/mol. The zero-order valence-electron chi connectivity index (χ0n) is 12.6. The summed E-state index contributed by atoms with van der Waals surface area (Å²) in [5.41, 5.74) is 3.90. The van der Waals surface area contributed by atoms with Crippen LogP contribution in [-0.4, -0.2) is 12.8 Å². The fourth-order valence-corrected chi connectivity index (χ4v) is 2.83. The molecular weight excluding hydrogens is 329 g/mol. The SMILES string of the molecule is COc1ccc(/C=C/C2=NC(c3ccc(Cl)cc3Cl)=CC2)cc1. The van der Waals surface area contributed by atoms with Gasteiger partial charge in [-0.15, -0.1) is 0 Å². The maximum absolute atomic E-state index is 6.23. The van der Waals surface area contributed by atoms with E-state index in [0.29, 0.717) is 10.0 Å². The number of benzene rings is 2. The van der Waals surface area contributed by atoms with Crippen LogP contribution in [0.4, 0.5) is 0 Å². The molecule has 0 bridgehead atoms. The van der Waals surface area contributed by atoms with Crippen LogP contribution < -0.4 is 4.74 Å². The molecule has 1 aliphatic heterocycles. The van der Waals surface area contributed by atoms with E-state index in [0.717, 1.165) is 34.7 Å². The Hall–Kier alpha value is -2.03. The molecular formula is C19H15Cl2NO. The van der Waals surface area contributed by atoms with Crippen LogP contribution in [0.5, 0.6) is 5.75 Å². The Morgan fingerprint density at radius 3 is 2.52 bits per heavy atom. The molecule has 2 nitrogen and oxygen atoms in total. The minimum atomic E-state index is 0.618. The van der Waals surface area contributed by atoms with Crippen LogP contribution in [-0.2, 0) is 0 Å². The quantitative estimate of drug-likeness (QED) is 0.676. The maximum atomic E-state index is 6.23. The molecule has 0 aromatic heterocycles. The lowest BCUT2D eigenvalue weighted by atomic mass is 10.1. The zero-order chi connectivity index (χ0) is 16.2. The van der Waals surface area contributed by atoms with Crippen molar-refractivity contribution in [3.8, 4) is 5.75 Å². The fourth-order valence-electron chi connectivity index (χ4n) is 2.33. The monoisotopic (exact) mass is 343 g/mol. The van der Waals surface area contributed by atoms with E-state index >= 15 is 0 Å². The van der Waals surface area contributed by atoms with E-state index in [2.05, 4.69) is 11.1 Å². The molecule has 0 amide bonds. The van der Waals surface area contributed by atoms with Crippen LogP contribution in [0.1, 0.15) is 17.5 Å². The van der Waals surface area contributed by atoms with Crippen molar-refractivity contribution in [1.29, 1.82) is 0 Å². The highest BCUT2D eigenvalue weighted by Crippen LogP contribution is 2.30. The lowest BCUT2D eigenvalue weighted by molar-refractivity contribution is 0.415. The highest BCUT2D eigenvalue weighted by molar-refractivity contribution is 6.35. The third-order valence-electron chi connectivity index (χ3n) is 3.56. The highest BCUT2D eigenvalue weighted by atomic mass is 35.5. The van der Waals surface area contributed by atoms with Gasteiger partial charge < -0.3 is 4.74 Å². The van der Waals surface area contributed by atoms with Gasteiger partial charge in [-0.25, -0.2) is 0 Å². The van der Waals surface area contributed by atoms with Crippen molar-refractivity contribution in [3.63, 3.8) is 0 Å². The molecule has 0 atom stereocenters. The Bertz CT molecular complexity index is 805. The van der Waals surface area contributed by atoms with Gasteiger partial charge in [0, 0.05) is 22.7 Å². The van der Waals surface area contributed by atoms with E-state index in [4.69, 9.17) is 27.9 Å². The van der Waals surface area contributed by atoms with Gasteiger partial charge in [-0.2, -0.15) is 0 Å². The molecule has 2 aromatic carbocycles.